The molecule has 5 heteroatoms. The molecule has 3 rings (SSSR count). The molecule has 4 nitrogen and oxygen atoms in total. The Bertz CT molecular complexity index is 806. The van der Waals surface area contributed by atoms with Crippen LogP contribution in [0.3, 0.4) is 0 Å². The summed E-state index contributed by atoms with van der Waals surface area (Å²) < 4.78 is 0. The van der Waals surface area contributed by atoms with E-state index in [1.54, 1.807) is 11.8 Å². The molecule has 2 aromatic carbocycles. The zero-order chi connectivity index (χ0) is 19.6. The first-order valence-corrected chi connectivity index (χ1v) is 10.8. The fraction of sp³-hybridized carbons (Fsp3) is 0.304. The van der Waals surface area contributed by atoms with Crippen LogP contribution < -0.4 is 0 Å². The average molecular weight is 395 g/mol. The molecule has 0 saturated heterocycles. The van der Waals surface area contributed by atoms with Crippen molar-refractivity contribution in [1.29, 1.82) is 0 Å². The van der Waals surface area contributed by atoms with E-state index >= 15 is 0 Å². The van der Waals surface area contributed by atoms with E-state index < -0.39 is 5.97 Å². The topological polar surface area (TPSA) is 66.0 Å². The number of H-pyrrole nitrogens is 1. The highest BCUT2D eigenvalue weighted by molar-refractivity contribution is 7.99. The summed E-state index contributed by atoms with van der Waals surface area (Å²) in [6.07, 6.45) is 5.39. The second-order valence-corrected chi connectivity index (χ2v) is 7.84. The lowest BCUT2D eigenvalue weighted by Crippen LogP contribution is -1.93. The molecule has 28 heavy (non-hydrogen) atoms. The summed E-state index contributed by atoms with van der Waals surface area (Å²) in [5.74, 6) is 0.311. The van der Waals surface area contributed by atoms with Gasteiger partial charge in [-0.25, -0.2) is 4.98 Å². The van der Waals surface area contributed by atoms with E-state index in [1.165, 1.54) is 0 Å². The first-order chi connectivity index (χ1) is 13.7. The highest BCUT2D eigenvalue weighted by Gasteiger charge is 2.14. The smallest absolute Gasteiger partial charge is 0.303 e. The van der Waals surface area contributed by atoms with Gasteiger partial charge in [0, 0.05) is 23.3 Å². The number of aromatic amines is 1. The Labute approximate surface area is 170 Å². The standard InChI is InChI=1S/C23H26N2O2S/c26-20(27)16-10-2-1-3-11-17-28-23-24-21(18-12-6-4-7-13-18)22(25-23)19-14-8-5-9-15-19/h4-9,12-15H,1-3,10-11,16-17H2,(H,24,25)(H,26,27). The van der Waals surface area contributed by atoms with Gasteiger partial charge in [0.2, 0.25) is 0 Å². The molecular weight excluding hydrogens is 368 g/mol. The number of nitrogens with zero attached hydrogens (tertiary/aromatic N) is 1. The van der Waals surface area contributed by atoms with Gasteiger partial charge < -0.3 is 10.1 Å². The Balaban J connectivity index is 1.58. The molecule has 0 radical (unpaired) electrons. The van der Waals surface area contributed by atoms with Gasteiger partial charge in [0.05, 0.1) is 11.4 Å². The van der Waals surface area contributed by atoms with Crippen LogP contribution in [0, 0.1) is 0 Å². The zero-order valence-electron chi connectivity index (χ0n) is 15.9. The van der Waals surface area contributed by atoms with Gasteiger partial charge in [-0.1, -0.05) is 91.7 Å². The summed E-state index contributed by atoms with van der Waals surface area (Å²) in [5.41, 5.74) is 4.30. The van der Waals surface area contributed by atoms with Crippen LogP contribution in [0.5, 0.6) is 0 Å². The van der Waals surface area contributed by atoms with E-state index in [0.29, 0.717) is 0 Å². The predicted molar refractivity (Wildman–Crippen MR) is 116 cm³/mol. The average Bonchev–Trinajstić information content (AvgIpc) is 3.15. The van der Waals surface area contributed by atoms with Crippen LogP contribution in [0.1, 0.15) is 38.5 Å². The number of carboxylic acid groups (broad SMARTS) is 1. The van der Waals surface area contributed by atoms with E-state index in [2.05, 4.69) is 29.2 Å². The number of aliphatic carboxylic acids is 1. The van der Waals surface area contributed by atoms with Crippen molar-refractivity contribution in [3.63, 3.8) is 0 Å². The second-order valence-electron chi connectivity index (χ2n) is 6.76. The molecule has 0 spiro atoms. The zero-order valence-corrected chi connectivity index (χ0v) is 16.8. The van der Waals surface area contributed by atoms with Gasteiger partial charge in [-0.3, -0.25) is 4.79 Å². The molecule has 0 atom stereocenters. The van der Waals surface area contributed by atoms with E-state index in [-0.39, 0.29) is 6.42 Å². The van der Waals surface area contributed by atoms with Gasteiger partial charge in [-0.2, -0.15) is 0 Å². The van der Waals surface area contributed by atoms with Crippen molar-refractivity contribution in [2.24, 2.45) is 0 Å². The quantitative estimate of drug-likeness (QED) is 0.297. The van der Waals surface area contributed by atoms with Crippen molar-refractivity contribution < 1.29 is 9.90 Å². The summed E-state index contributed by atoms with van der Waals surface area (Å²) in [5, 5.41) is 9.60. The maximum atomic E-state index is 10.5. The number of thioether (sulfide) groups is 1. The van der Waals surface area contributed by atoms with Crippen molar-refractivity contribution in [2.75, 3.05) is 5.75 Å². The normalized spacial score (nSPS) is 10.9. The first-order valence-electron chi connectivity index (χ1n) is 9.79. The number of nitrogens with one attached hydrogen (secondary N) is 1. The Morgan fingerprint density at radius 3 is 2.14 bits per heavy atom. The third-order valence-electron chi connectivity index (χ3n) is 4.57. The summed E-state index contributed by atoms with van der Waals surface area (Å²) in [6, 6.07) is 20.6. The van der Waals surface area contributed by atoms with Crippen LogP contribution in [0.2, 0.25) is 0 Å². The molecule has 3 aromatic rings. The highest BCUT2D eigenvalue weighted by Crippen LogP contribution is 2.32. The highest BCUT2D eigenvalue weighted by atomic mass is 32.2. The van der Waals surface area contributed by atoms with Crippen LogP contribution in [0.4, 0.5) is 0 Å². The van der Waals surface area contributed by atoms with Gasteiger partial charge in [0.1, 0.15) is 0 Å². The van der Waals surface area contributed by atoms with Gasteiger partial charge >= 0.3 is 5.97 Å². The van der Waals surface area contributed by atoms with Crippen LogP contribution in [-0.4, -0.2) is 26.8 Å². The lowest BCUT2D eigenvalue weighted by atomic mass is 10.1. The fourth-order valence-corrected chi connectivity index (χ4v) is 3.99. The molecule has 0 fully saturated rings. The van der Waals surface area contributed by atoms with Crippen LogP contribution in [0.15, 0.2) is 65.8 Å². The Morgan fingerprint density at radius 2 is 1.46 bits per heavy atom. The third-order valence-corrected chi connectivity index (χ3v) is 5.53. The van der Waals surface area contributed by atoms with Gasteiger partial charge in [0.15, 0.2) is 5.16 Å². The van der Waals surface area contributed by atoms with Gasteiger partial charge in [-0.15, -0.1) is 0 Å². The monoisotopic (exact) mass is 394 g/mol. The second kappa shape index (κ2) is 10.7. The number of hydrogen-bond acceptors (Lipinski definition) is 3. The Hall–Kier alpha value is -2.53. The molecular formula is C23H26N2O2S. The number of carbonyl (C=O) groups is 1. The minimum Gasteiger partial charge on any atom is -0.481 e. The molecule has 1 heterocycles. The summed E-state index contributed by atoms with van der Waals surface area (Å²) in [7, 11) is 0. The molecule has 2 N–H and O–H groups in total. The number of hydrogen-bond donors (Lipinski definition) is 2. The molecule has 0 aliphatic rings. The van der Waals surface area contributed by atoms with Crippen molar-refractivity contribution in [3.8, 4) is 22.5 Å². The first kappa shape index (κ1) is 20.2. The van der Waals surface area contributed by atoms with E-state index in [9.17, 15) is 4.79 Å². The Morgan fingerprint density at radius 1 is 0.857 bits per heavy atom. The number of imidazole rings is 1. The van der Waals surface area contributed by atoms with E-state index in [4.69, 9.17) is 10.1 Å². The van der Waals surface area contributed by atoms with Gasteiger partial charge in [-0.05, 0) is 12.8 Å². The molecule has 0 aliphatic carbocycles. The predicted octanol–water partition coefficient (Wildman–Crippen LogP) is 6.26. The van der Waals surface area contributed by atoms with Crippen molar-refractivity contribution in [1.82, 2.24) is 9.97 Å². The molecule has 0 bridgehead atoms. The SMILES string of the molecule is O=C(O)CCCCCCCSc1nc(-c2ccccc2)c(-c2ccccc2)[nH]1. The van der Waals surface area contributed by atoms with Crippen molar-refractivity contribution >= 4 is 17.7 Å². The maximum Gasteiger partial charge on any atom is 0.303 e. The fourth-order valence-electron chi connectivity index (χ4n) is 3.12. The maximum absolute atomic E-state index is 10.5. The number of rotatable bonds is 11. The lowest BCUT2D eigenvalue weighted by molar-refractivity contribution is -0.137. The van der Waals surface area contributed by atoms with Crippen LogP contribution in [-0.2, 0) is 4.79 Å². The molecule has 1 aromatic heterocycles. The van der Waals surface area contributed by atoms with Crippen LogP contribution >= 0.6 is 11.8 Å². The van der Waals surface area contributed by atoms with E-state index in [0.717, 1.165) is 65.5 Å². The van der Waals surface area contributed by atoms with E-state index in [1.807, 2.05) is 36.4 Å². The van der Waals surface area contributed by atoms with Crippen molar-refractivity contribution in [2.45, 2.75) is 43.7 Å². The minimum absolute atomic E-state index is 0.283. The van der Waals surface area contributed by atoms with Crippen LogP contribution in [0.25, 0.3) is 22.5 Å². The molecule has 0 aliphatic heterocycles. The molecule has 0 saturated carbocycles. The molecule has 0 unspecified atom stereocenters. The third kappa shape index (κ3) is 5.99. The Kier molecular flexibility index (Phi) is 7.73. The number of aromatic nitrogens is 2. The number of unbranched alkanes of at least 4 members (excludes halogenated alkanes) is 4. The summed E-state index contributed by atoms with van der Waals surface area (Å²) in [4.78, 5) is 18.9. The lowest BCUT2D eigenvalue weighted by Gasteiger charge is -2.02. The number of benzene rings is 2. The number of carboxylic acids is 1. The summed E-state index contributed by atoms with van der Waals surface area (Å²) in [6.45, 7) is 0. The van der Waals surface area contributed by atoms with Gasteiger partial charge in [0.25, 0.3) is 0 Å². The van der Waals surface area contributed by atoms with Crippen molar-refractivity contribution in [3.05, 3.63) is 60.7 Å². The minimum atomic E-state index is -0.697. The summed E-state index contributed by atoms with van der Waals surface area (Å²) >= 11 is 1.75. The molecule has 0 amide bonds. The largest absolute Gasteiger partial charge is 0.481 e. The molecule has 146 valence electrons.